The Labute approximate surface area is 191 Å². The minimum Gasteiger partial charge on any atom is -0.497 e. The molecule has 8 heteroatoms. The van der Waals surface area contributed by atoms with E-state index in [1.165, 1.54) is 6.33 Å². The molecular formula is C25H25N3O5. The third-order valence-electron chi connectivity index (χ3n) is 5.18. The average Bonchev–Trinajstić information content (AvgIpc) is 3.23. The maximum absolute atomic E-state index is 10.7. The van der Waals surface area contributed by atoms with Crippen molar-refractivity contribution < 1.29 is 23.8 Å². The molecule has 0 unspecified atom stereocenters. The zero-order valence-electron chi connectivity index (χ0n) is 18.4. The number of carbonyl (C=O) groups is 1. The number of methoxy groups -OCH3 is 1. The second kappa shape index (κ2) is 10.1. The molecule has 0 bridgehead atoms. The van der Waals surface area contributed by atoms with Crippen LogP contribution in [-0.4, -0.2) is 47.4 Å². The summed E-state index contributed by atoms with van der Waals surface area (Å²) in [6.07, 6.45) is 1.21. The third kappa shape index (κ3) is 5.12. The summed E-state index contributed by atoms with van der Waals surface area (Å²) >= 11 is 0. The summed E-state index contributed by atoms with van der Waals surface area (Å²) in [5, 5.41) is 12.9. The van der Waals surface area contributed by atoms with E-state index in [1.54, 1.807) is 7.11 Å². The molecule has 0 radical (unpaired) electrons. The highest BCUT2D eigenvalue weighted by molar-refractivity contribution is 6.05. The van der Waals surface area contributed by atoms with Gasteiger partial charge in [-0.2, -0.15) is 0 Å². The van der Waals surface area contributed by atoms with E-state index in [9.17, 15) is 4.79 Å². The highest BCUT2D eigenvalue weighted by atomic mass is 16.5. The van der Waals surface area contributed by atoms with Crippen LogP contribution in [0.4, 0.5) is 5.82 Å². The Kier molecular flexibility index (Phi) is 6.85. The van der Waals surface area contributed by atoms with Gasteiger partial charge in [0, 0.05) is 17.7 Å². The lowest BCUT2D eigenvalue weighted by Gasteiger charge is -2.14. The SMILES string of the molecule is COc1ccc(-c2c(-c3ccccc3)oc3ncnc(NC[C@H](C)OCCC(=O)O)c23)cc1. The molecular weight excluding hydrogens is 422 g/mol. The van der Waals surface area contributed by atoms with Crippen molar-refractivity contribution in [3.63, 3.8) is 0 Å². The predicted molar refractivity (Wildman–Crippen MR) is 125 cm³/mol. The van der Waals surface area contributed by atoms with Gasteiger partial charge in [0.05, 0.1) is 31.6 Å². The number of aromatic nitrogens is 2. The lowest BCUT2D eigenvalue weighted by atomic mass is 9.99. The first-order valence-corrected chi connectivity index (χ1v) is 10.6. The van der Waals surface area contributed by atoms with E-state index >= 15 is 0 Å². The molecule has 1 atom stereocenters. The Morgan fingerprint density at radius 1 is 1.09 bits per heavy atom. The van der Waals surface area contributed by atoms with Gasteiger partial charge >= 0.3 is 5.97 Å². The van der Waals surface area contributed by atoms with Crippen LogP contribution in [-0.2, 0) is 9.53 Å². The van der Waals surface area contributed by atoms with Crippen molar-refractivity contribution >= 4 is 22.9 Å². The lowest BCUT2D eigenvalue weighted by Crippen LogP contribution is -2.21. The average molecular weight is 447 g/mol. The van der Waals surface area contributed by atoms with Gasteiger partial charge in [-0.25, -0.2) is 9.97 Å². The van der Waals surface area contributed by atoms with Crippen molar-refractivity contribution in [2.75, 3.05) is 25.6 Å². The first kappa shape index (κ1) is 22.3. The van der Waals surface area contributed by atoms with Gasteiger partial charge in [-0.3, -0.25) is 4.79 Å². The first-order valence-electron chi connectivity index (χ1n) is 10.6. The minimum absolute atomic E-state index is 0.0358. The van der Waals surface area contributed by atoms with Gasteiger partial charge in [0.25, 0.3) is 0 Å². The van der Waals surface area contributed by atoms with Crippen LogP contribution < -0.4 is 10.1 Å². The lowest BCUT2D eigenvalue weighted by molar-refractivity contribution is -0.138. The van der Waals surface area contributed by atoms with Gasteiger partial charge < -0.3 is 24.3 Å². The normalized spacial score (nSPS) is 11.9. The molecule has 2 heterocycles. The molecule has 8 nitrogen and oxygen atoms in total. The van der Waals surface area contributed by atoms with E-state index in [4.69, 9.17) is 19.0 Å². The summed E-state index contributed by atoms with van der Waals surface area (Å²) in [5.41, 5.74) is 3.22. The van der Waals surface area contributed by atoms with E-state index in [2.05, 4.69) is 15.3 Å². The van der Waals surface area contributed by atoms with Crippen LogP contribution in [0.5, 0.6) is 5.75 Å². The summed E-state index contributed by atoms with van der Waals surface area (Å²) in [6.45, 7) is 2.47. The molecule has 0 fully saturated rings. The Balaban J connectivity index is 1.73. The molecule has 0 aliphatic rings. The fourth-order valence-electron chi connectivity index (χ4n) is 3.54. The monoisotopic (exact) mass is 447 g/mol. The summed E-state index contributed by atoms with van der Waals surface area (Å²) in [7, 11) is 1.63. The fourth-order valence-corrected chi connectivity index (χ4v) is 3.54. The van der Waals surface area contributed by atoms with Crippen LogP contribution in [0.2, 0.25) is 0 Å². The van der Waals surface area contributed by atoms with Crippen LogP contribution in [0.25, 0.3) is 33.6 Å². The van der Waals surface area contributed by atoms with Gasteiger partial charge in [0.1, 0.15) is 23.7 Å². The number of fused-ring (bicyclic) bond motifs is 1. The van der Waals surface area contributed by atoms with E-state index in [-0.39, 0.29) is 19.1 Å². The molecule has 4 rings (SSSR count). The quantitative estimate of drug-likeness (QED) is 0.355. The number of aliphatic carboxylic acids is 1. The molecule has 170 valence electrons. The molecule has 0 aliphatic carbocycles. The molecule has 4 aromatic rings. The number of ether oxygens (including phenoxy) is 2. The summed E-state index contributed by atoms with van der Waals surface area (Å²) in [4.78, 5) is 19.5. The Morgan fingerprint density at radius 2 is 1.85 bits per heavy atom. The molecule has 0 amide bonds. The van der Waals surface area contributed by atoms with Gasteiger partial charge in [-0.1, -0.05) is 42.5 Å². The Hall–Kier alpha value is -3.91. The van der Waals surface area contributed by atoms with Crippen molar-refractivity contribution in [3.8, 4) is 28.2 Å². The van der Waals surface area contributed by atoms with Crippen LogP contribution in [0.3, 0.4) is 0 Å². The summed E-state index contributed by atoms with van der Waals surface area (Å²) in [5.74, 6) is 1.19. The second-order valence-electron chi connectivity index (χ2n) is 7.51. The summed E-state index contributed by atoms with van der Waals surface area (Å²) < 4.78 is 17.1. The zero-order chi connectivity index (χ0) is 23.2. The molecule has 0 saturated carbocycles. The van der Waals surface area contributed by atoms with Gasteiger partial charge in [0.15, 0.2) is 0 Å². The van der Waals surface area contributed by atoms with E-state index < -0.39 is 5.97 Å². The smallest absolute Gasteiger partial charge is 0.305 e. The van der Waals surface area contributed by atoms with E-state index in [0.717, 1.165) is 27.8 Å². The molecule has 2 aromatic carbocycles. The highest BCUT2D eigenvalue weighted by Gasteiger charge is 2.22. The van der Waals surface area contributed by atoms with Crippen LogP contribution >= 0.6 is 0 Å². The van der Waals surface area contributed by atoms with Crippen molar-refractivity contribution in [2.45, 2.75) is 19.4 Å². The number of rotatable bonds is 10. The van der Waals surface area contributed by atoms with E-state index in [1.807, 2.05) is 61.5 Å². The van der Waals surface area contributed by atoms with Crippen LogP contribution in [0.1, 0.15) is 13.3 Å². The summed E-state index contributed by atoms with van der Waals surface area (Å²) in [6, 6.07) is 17.6. The Bertz CT molecular complexity index is 1220. The van der Waals surface area contributed by atoms with Crippen molar-refractivity contribution in [2.24, 2.45) is 0 Å². The fraction of sp³-hybridized carbons (Fsp3) is 0.240. The van der Waals surface area contributed by atoms with Crippen molar-refractivity contribution in [1.29, 1.82) is 0 Å². The molecule has 2 N–H and O–H groups in total. The molecule has 2 aromatic heterocycles. The number of benzene rings is 2. The topological polar surface area (TPSA) is 107 Å². The zero-order valence-corrected chi connectivity index (χ0v) is 18.4. The van der Waals surface area contributed by atoms with Gasteiger partial charge in [0.2, 0.25) is 5.71 Å². The number of nitrogens with zero attached hydrogens (tertiary/aromatic N) is 2. The largest absolute Gasteiger partial charge is 0.497 e. The Morgan fingerprint density at radius 3 is 2.55 bits per heavy atom. The molecule has 33 heavy (non-hydrogen) atoms. The number of hydrogen-bond donors (Lipinski definition) is 2. The standard InChI is InChI=1S/C25H25N3O5/c1-16(32-13-12-20(29)30)14-26-24-22-21(17-8-10-19(31-2)11-9-17)23(18-6-4-3-5-7-18)33-25(22)28-15-27-24/h3-11,15-16H,12-14H2,1-2H3,(H,29,30)(H,26,27,28)/t16-/m0/s1. The second-order valence-corrected chi connectivity index (χ2v) is 7.51. The predicted octanol–water partition coefficient (Wildman–Crippen LogP) is 4.86. The van der Waals surface area contributed by atoms with Crippen molar-refractivity contribution in [1.82, 2.24) is 9.97 Å². The highest BCUT2D eigenvalue weighted by Crippen LogP contribution is 2.42. The first-order chi connectivity index (χ1) is 16.1. The minimum atomic E-state index is -0.886. The number of anilines is 1. The number of nitrogens with one attached hydrogen (secondary N) is 1. The number of hydrogen-bond acceptors (Lipinski definition) is 7. The number of carboxylic acids is 1. The molecule has 0 saturated heterocycles. The van der Waals surface area contributed by atoms with Gasteiger partial charge in [-0.05, 0) is 24.6 Å². The van der Waals surface area contributed by atoms with E-state index in [0.29, 0.717) is 23.8 Å². The molecule has 0 spiro atoms. The van der Waals surface area contributed by atoms with Crippen LogP contribution in [0, 0.1) is 0 Å². The van der Waals surface area contributed by atoms with Gasteiger partial charge in [-0.15, -0.1) is 0 Å². The third-order valence-corrected chi connectivity index (χ3v) is 5.18. The number of carboxylic acid groups (broad SMARTS) is 1. The maximum Gasteiger partial charge on any atom is 0.305 e. The van der Waals surface area contributed by atoms with Crippen molar-refractivity contribution in [3.05, 3.63) is 60.9 Å². The number of furan rings is 1. The van der Waals surface area contributed by atoms with Crippen LogP contribution in [0.15, 0.2) is 65.3 Å². The maximum atomic E-state index is 10.7. The molecule has 0 aliphatic heterocycles.